The number of amides is 1. The molecule has 1 aliphatic rings. The molecule has 0 unspecified atom stereocenters. The summed E-state index contributed by atoms with van der Waals surface area (Å²) in [6.07, 6.45) is 4.86. The third kappa shape index (κ3) is 4.55. The Bertz CT molecular complexity index is 1280. The molecule has 1 aliphatic heterocycles. The zero-order valence-corrected chi connectivity index (χ0v) is 18.3. The molecular formula is C27H25FN4O. The summed E-state index contributed by atoms with van der Waals surface area (Å²) >= 11 is 0. The van der Waals surface area contributed by atoms with Crippen LogP contribution < -0.4 is 5.32 Å². The molecule has 2 heterocycles. The first-order valence-corrected chi connectivity index (χ1v) is 11.3. The molecule has 0 spiro atoms. The van der Waals surface area contributed by atoms with Gasteiger partial charge in [-0.2, -0.15) is 0 Å². The van der Waals surface area contributed by atoms with Crippen LogP contribution in [0.3, 0.4) is 0 Å². The molecule has 5 rings (SSSR count). The van der Waals surface area contributed by atoms with E-state index in [0.29, 0.717) is 17.8 Å². The van der Waals surface area contributed by atoms with E-state index in [0.717, 1.165) is 54.7 Å². The van der Waals surface area contributed by atoms with E-state index in [-0.39, 0.29) is 11.6 Å². The Balaban J connectivity index is 1.42. The standard InChI is InChI=1S/C27H25FN4O/c28-23-15-14-21(26-31-30-25-13-5-2-8-16-32(25)26)18-24(23)29-27(33)22-12-7-6-11-20(22)17-19-9-3-1-4-10-19/h1,3-4,6-7,9-12,14-15,18H,2,5,8,13,16-17H2,(H,29,33). The lowest BCUT2D eigenvalue weighted by atomic mass is 9.99. The zero-order chi connectivity index (χ0) is 22.6. The van der Waals surface area contributed by atoms with E-state index in [4.69, 9.17) is 0 Å². The van der Waals surface area contributed by atoms with E-state index >= 15 is 0 Å². The Kier molecular flexibility index (Phi) is 5.98. The molecule has 1 amide bonds. The van der Waals surface area contributed by atoms with Gasteiger partial charge in [-0.15, -0.1) is 10.2 Å². The highest BCUT2D eigenvalue weighted by Crippen LogP contribution is 2.27. The average Bonchev–Trinajstić information content (AvgIpc) is 3.09. The van der Waals surface area contributed by atoms with Gasteiger partial charge in [0.1, 0.15) is 11.6 Å². The van der Waals surface area contributed by atoms with Gasteiger partial charge in [-0.3, -0.25) is 4.79 Å². The van der Waals surface area contributed by atoms with Crippen molar-refractivity contribution in [3.8, 4) is 11.4 Å². The fourth-order valence-electron chi connectivity index (χ4n) is 4.36. The molecule has 166 valence electrons. The number of nitrogens with one attached hydrogen (secondary N) is 1. The van der Waals surface area contributed by atoms with Crippen LogP contribution in [0.2, 0.25) is 0 Å². The zero-order valence-electron chi connectivity index (χ0n) is 18.3. The van der Waals surface area contributed by atoms with Crippen LogP contribution in [0, 0.1) is 5.82 Å². The van der Waals surface area contributed by atoms with E-state index in [9.17, 15) is 9.18 Å². The molecule has 0 fully saturated rings. The number of rotatable bonds is 5. The Labute approximate surface area is 192 Å². The summed E-state index contributed by atoms with van der Waals surface area (Å²) in [4.78, 5) is 13.1. The van der Waals surface area contributed by atoms with Gasteiger partial charge in [-0.05, 0) is 54.7 Å². The maximum Gasteiger partial charge on any atom is 0.256 e. The highest BCUT2D eigenvalue weighted by Gasteiger charge is 2.19. The minimum atomic E-state index is -0.483. The molecule has 33 heavy (non-hydrogen) atoms. The predicted molar refractivity (Wildman–Crippen MR) is 127 cm³/mol. The van der Waals surface area contributed by atoms with Crippen molar-refractivity contribution in [1.29, 1.82) is 0 Å². The maximum absolute atomic E-state index is 14.7. The summed E-state index contributed by atoms with van der Waals surface area (Å²) in [5, 5.41) is 11.5. The minimum absolute atomic E-state index is 0.137. The second-order valence-corrected chi connectivity index (χ2v) is 8.37. The van der Waals surface area contributed by atoms with Crippen LogP contribution in [0.4, 0.5) is 10.1 Å². The van der Waals surface area contributed by atoms with Crippen molar-refractivity contribution in [2.45, 2.75) is 38.6 Å². The number of halogens is 1. The highest BCUT2D eigenvalue weighted by atomic mass is 19.1. The van der Waals surface area contributed by atoms with Crippen molar-refractivity contribution < 1.29 is 9.18 Å². The first-order chi connectivity index (χ1) is 16.2. The average molecular weight is 441 g/mol. The van der Waals surface area contributed by atoms with Crippen LogP contribution in [-0.2, 0) is 19.4 Å². The fourth-order valence-corrected chi connectivity index (χ4v) is 4.36. The maximum atomic E-state index is 14.7. The molecule has 0 atom stereocenters. The van der Waals surface area contributed by atoms with Gasteiger partial charge in [-0.25, -0.2) is 4.39 Å². The van der Waals surface area contributed by atoms with Crippen molar-refractivity contribution in [3.63, 3.8) is 0 Å². The van der Waals surface area contributed by atoms with Crippen molar-refractivity contribution in [2.75, 3.05) is 5.32 Å². The third-order valence-corrected chi connectivity index (χ3v) is 6.08. The normalized spacial score (nSPS) is 13.2. The van der Waals surface area contributed by atoms with E-state index in [1.54, 1.807) is 18.2 Å². The number of anilines is 1. The number of benzene rings is 3. The molecule has 0 saturated heterocycles. The fraction of sp³-hybridized carbons (Fsp3) is 0.222. The van der Waals surface area contributed by atoms with Crippen LogP contribution in [0.1, 0.15) is 46.6 Å². The number of carbonyl (C=O) groups excluding carboxylic acids is 1. The van der Waals surface area contributed by atoms with Gasteiger partial charge >= 0.3 is 0 Å². The van der Waals surface area contributed by atoms with Crippen LogP contribution in [0.25, 0.3) is 11.4 Å². The van der Waals surface area contributed by atoms with Gasteiger partial charge < -0.3 is 9.88 Å². The number of hydrogen-bond donors (Lipinski definition) is 1. The quantitative estimate of drug-likeness (QED) is 0.436. The Morgan fingerprint density at radius 3 is 2.64 bits per heavy atom. The van der Waals surface area contributed by atoms with Crippen molar-refractivity contribution >= 4 is 11.6 Å². The molecule has 0 bridgehead atoms. The molecular weight excluding hydrogens is 415 g/mol. The number of fused-ring (bicyclic) bond motifs is 1. The first kappa shape index (κ1) is 21.1. The largest absolute Gasteiger partial charge is 0.319 e. The molecule has 0 aliphatic carbocycles. The molecule has 5 nitrogen and oxygen atoms in total. The van der Waals surface area contributed by atoms with Gasteiger partial charge in [0.2, 0.25) is 0 Å². The molecule has 4 aromatic rings. The summed E-state index contributed by atoms with van der Waals surface area (Å²) in [6, 6.07) is 22.1. The van der Waals surface area contributed by atoms with Gasteiger partial charge in [0.25, 0.3) is 5.91 Å². The van der Waals surface area contributed by atoms with E-state index in [2.05, 4.69) is 20.1 Å². The first-order valence-electron chi connectivity index (χ1n) is 11.3. The minimum Gasteiger partial charge on any atom is -0.319 e. The smallest absolute Gasteiger partial charge is 0.256 e. The lowest BCUT2D eigenvalue weighted by Gasteiger charge is -2.13. The number of hydrogen-bond acceptors (Lipinski definition) is 3. The summed E-state index contributed by atoms with van der Waals surface area (Å²) in [5.74, 6) is 0.861. The second kappa shape index (κ2) is 9.36. The number of aryl methyl sites for hydroxylation is 1. The van der Waals surface area contributed by atoms with Crippen LogP contribution in [0.5, 0.6) is 0 Å². The van der Waals surface area contributed by atoms with E-state index in [1.807, 2.05) is 48.5 Å². The lowest BCUT2D eigenvalue weighted by Crippen LogP contribution is -2.15. The number of nitrogens with zero attached hydrogens (tertiary/aromatic N) is 3. The van der Waals surface area contributed by atoms with E-state index < -0.39 is 5.82 Å². The third-order valence-electron chi connectivity index (χ3n) is 6.08. The van der Waals surface area contributed by atoms with Crippen molar-refractivity contribution in [1.82, 2.24) is 14.8 Å². The summed E-state index contributed by atoms with van der Waals surface area (Å²) < 4.78 is 16.8. The predicted octanol–water partition coefficient (Wildman–Crippen LogP) is 5.65. The van der Waals surface area contributed by atoms with Crippen molar-refractivity contribution in [2.24, 2.45) is 0 Å². The lowest BCUT2D eigenvalue weighted by molar-refractivity contribution is 0.102. The molecule has 6 heteroatoms. The summed E-state index contributed by atoms with van der Waals surface area (Å²) in [6.45, 7) is 0.851. The topological polar surface area (TPSA) is 59.8 Å². The molecule has 1 aromatic heterocycles. The van der Waals surface area contributed by atoms with Gasteiger partial charge in [-0.1, -0.05) is 55.0 Å². The molecule has 0 radical (unpaired) electrons. The number of carbonyl (C=O) groups is 1. The Morgan fingerprint density at radius 1 is 0.939 bits per heavy atom. The summed E-state index contributed by atoms with van der Waals surface area (Å²) in [7, 11) is 0. The van der Waals surface area contributed by atoms with Gasteiger partial charge in [0.15, 0.2) is 5.82 Å². The monoisotopic (exact) mass is 440 g/mol. The highest BCUT2D eigenvalue weighted by molar-refractivity contribution is 6.05. The molecule has 0 saturated carbocycles. The number of aromatic nitrogens is 3. The Hall–Kier alpha value is -3.80. The summed E-state index contributed by atoms with van der Waals surface area (Å²) in [5.41, 5.74) is 3.41. The van der Waals surface area contributed by atoms with E-state index in [1.165, 1.54) is 6.07 Å². The Morgan fingerprint density at radius 2 is 1.76 bits per heavy atom. The molecule has 3 aromatic carbocycles. The van der Waals surface area contributed by atoms with Crippen LogP contribution in [0.15, 0.2) is 72.8 Å². The van der Waals surface area contributed by atoms with Crippen LogP contribution >= 0.6 is 0 Å². The van der Waals surface area contributed by atoms with Crippen LogP contribution in [-0.4, -0.2) is 20.7 Å². The SMILES string of the molecule is O=C(Nc1cc(-c2nnc3n2CCCCC3)ccc1F)c1ccccc1Cc1ccccc1. The molecule has 1 N–H and O–H groups in total. The van der Waals surface area contributed by atoms with Crippen molar-refractivity contribution in [3.05, 3.63) is 101 Å². The second-order valence-electron chi connectivity index (χ2n) is 8.37. The van der Waals surface area contributed by atoms with Gasteiger partial charge in [0.05, 0.1) is 5.69 Å². The van der Waals surface area contributed by atoms with Gasteiger partial charge in [0, 0.05) is 24.1 Å².